The SMILES string of the molecule is Cc1csc(CCNc2nc(N)nc(OC(C)C)n2)n1. The summed E-state index contributed by atoms with van der Waals surface area (Å²) in [5, 5.41) is 6.21. The molecule has 0 spiro atoms. The first-order valence-corrected chi connectivity index (χ1v) is 7.24. The van der Waals surface area contributed by atoms with Crippen molar-refractivity contribution in [3.8, 4) is 6.01 Å². The van der Waals surface area contributed by atoms with Crippen LogP contribution in [0.15, 0.2) is 5.38 Å². The van der Waals surface area contributed by atoms with Crippen LogP contribution in [0.4, 0.5) is 11.9 Å². The van der Waals surface area contributed by atoms with Crippen molar-refractivity contribution in [3.63, 3.8) is 0 Å². The highest BCUT2D eigenvalue weighted by Gasteiger charge is 2.07. The molecule has 0 bridgehead atoms. The van der Waals surface area contributed by atoms with Crippen LogP contribution in [-0.2, 0) is 6.42 Å². The average Bonchev–Trinajstić information content (AvgIpc) is 2.73. The monoisotopic (exact) mass is 294 g/mol. The maximum atomic E-state index is 5.63. The molecule has 108 valence electrons. The number of aryl methyl sites for hydroxylation is 1. The van der Waals surface area contributed by atoms with Crippen molar-refractivity contribution in [2.45, 2.75) is 33.3 Å². The molecule has 2 aromatic rings. The summed E-state index contributed by atoms with van der Waals surface area (Å²) in [5.74, 6) is 0.560. The fourth-order valence-corrected chi connectivity index (χ4v) is 2.29. The molecular formula is C12H18N6OS. The first-order chi connectivity index (χ1) is 9.52. The fraction of sp³-hybridized carbons (Fsp3) is 0.500. The van der Waals surface area contributed by atoms with Crippen LogP contribution in [0, 0.1) is 6.92 Å². The molecule has 2 heterocycles. The predicted molar refractivity (Wildman–Crippen MR) is 79.0 cm³/mol. The molecule has 2 rings (SSSR count). The highest BCUT2D eigenvalue weighted by Crippen LogP contribution is 2.12. The largest absolute Gasteiger partial charge is 0.461 e. The predicted octanol–water partition coefficient (Wildman–Crippen LogP) is 1.66. The van der Waals surface area contributed by atoms with Crippen LogP contribution in [0.2, 0.25) is 0 Å². The summed E-state index contributed by atoms with van der Waals surface area (Å²) < 4.78 is 5.41. The Balaban J connectivity index is 1.93. The van der Waals surface area contributed by atoms with Crippen LogP contribution in [0.25, 0.3) is 0 Å². The number of nitrogens with one attached hydrogen (secondary N) is 1. The van der Waals surface area contributed by atoms with Gasteiger partial charge in [0.15, 0.2) is 0 Å². The van der Waals surface area contributed by atoms with Gasteiger partial charge in [-0.15, -0.1) is 11.3 Å². The second-order valence-electron chi connectivity index (χ2n) is 4.53. The fourth-order valence-electron chi connectivity index (χ4n) is 1.51. The maximum absolute atomic E-state index is 5.63. The van der Waals surface area contributed by atoms with E-state index in [9.17, 15) is 0 Å². The number of nitrogens with zero attached hydrogens (tertiary/aromatic N) is 4. The lowest BCUT2D eigenvalue weighted by Gasteiger charge is -2.09. The number of hydrogen-bond acceptors (Lipinski definition) is 8. The zero-order chi connectivity index (χ0) is 14.5. The first kappa shape index (κ1) is 14.4. The third-order valence-corrected chi connectivity index (χ3v) is 3.29. The van der Waals surface area contributed by atoms with Crippen LogP contribution in [0.3, 0.4) is 0 Å². The quantitative estimate of drug-likeness (QED) is 0.835. The van der Waals surface area contributed by atoms with Gasteiger partial charge in [-0.3, -0.25) is 0 Å². The van der Waals surface area contributed by atoms with Crippen LogP contribution in [-0.4, -0.2) is 32.6 Å². The zero-order valence-corrected chi connectivity index (χ0v) is 12.6. The molecule has 0 aliphatic rings. The second-order valence-corrected chi connectivity index (χ2v) is 5.47. The molecule has 0 amide bonds. The van der Waals surface area contributed by atoms with E-state index in [1.165, 1.54) is 0 Å². The van der Waals surface area contributed by atoms with Crippen LogP contribution >= 0.6 is 11.3 Å². The van der Waals surface area contributed by atoms with Gasteiger partial charge in [0.2, 0.25) is 11.9 Å². The van der Waals surface area contributed by atoms with Crippen LogP contribution < -0.4 is 15.8 Å². The lowest BCUT2D eigenvalue weighted by atomic mass is 10.4. The number of rotatable bonds is 6. The molecule has 3 N–H and O–H groups in total. The number of nitrogens with two attached hydrogens (primary N) is 1. The van der Waals surface area contributed by atoms with Crippen molar-refractivity contribution in [2.75, 3.05) is 17.6 Å². The summed E-state index contributed by atoms with van der Waals surface area (Å²) in [6, 6.07) is 0.236. The van der Waals surface area contributed by atoms with E-state index in [0.29, 0.717) is 12.5 Å². The van der Waals surface area contributed by atoms with E-state index in [0.717, 1.165) is 17.1 Å². The van der Waals surface area contributed by atoms with Gasteiger partial charge in [-0.05, 0) is 20.8 Å². The lowest BCUT2D eigenvalue weighted by molar-refractivity contribution is 0.222. The third-order valence-electron chi connectivity index (χ3n) is 2.26. The molecule has 0 saturated carbocycles. The van der Waals surface area contributed by atoms with Crippen molar-refractivity contribution >= 4 is 23.2 Å². The molecule has 20 heavy (non-hydrogen) atoms. The lowest BCUT2D eigenvalue weighted by Crippen LogP contribution is -2.14. The van der Waals surface area contributed by atoms with Crippen molar-refractivity contribution in [1.29, 1.82) is 0 Å². The van der Waals surface area contributed by atoms with E-state index in [1.54, 1.807) is 11.3 Å². The molecule has 0 unspecified atom stereocenters. The Bertz CT molecular complexity index is 571. The highest BCUT2D eigenvalue weighted by molar-refractivity contribution is 7.09. The van der Waals surface area contributed by atoms with E-state index < -0.39 is 0 Å². The molecule has 7 nitrogen and oxygen atoms in total. The molecule has 2 aromatic heterocycles. The topological polar surface area (TPSA) is 98.8 Å². The number of thiazole rings is 1. The van der Waals surface area contributed by atoms with Gasteiger partial charge < -0.3 is 15.8 Å². The molecule has 0 aliphatic heterocycles. The van der Waals surface area contributed by atoms with Crippen molar-refractivity contribution in [1.82, 2.24) is 19.9 Å². The zero-order valence-electron chi connectivity index (χ0n) is 11.8. The summed E-state index contributed by atoms with van der Waals surface area (Å²) in [5.41, 5.74) is 6.67. The summed E-state index contributed by atoms with van der Waals surface area (Å²) in [4.78, 5) is 16.5. The number of hydrogen-bond donors (Lipinski definition) is 2. The van der Waals surface area contributed by atoms with Gasteiger partial charge in [-0.1, -0.05) is 0 Å². The first-order valence-electron chi connectivity index (χ1n) is 6.36. The van der Waals surface area contributed by atoms with E-state index in [4.69, 9.17) is 10.5 Å². The molecule has 0 aliphatic carbocycles. The summed E-state index contributed by atoms with van der Waals surface area (Å²) in [6.07, 6.45) is 0.799. The molecule has 0 saturated heterocycles. The summed E-state index contributed by atoms with van der Waals surface area (Å²) >= 11 is 1.65. The molecule has 0 fully saturated rings. The smallest absolute Gasteiger partial charge is 0.323 e. The Morgan fingerprint density at radius 1 is 1.30 bits per heavy atom. The van der Waals surface area contributed by atoms with Crippen molar-refractivity contribution in [3.05, 3.63) is 16.1 Å². The van der Waals surface area contributed by atoms with Gasteiger partial charge in [0, 0.05) is 24.0 Å². The van der Waals surface area contributed by atoms with E-state index >= 15 is 0 Å². The molecule has 0 radical (unpaired) electrons. The maximum Gasteiger partial charge on any atom is 0.323 e. The molecular weight excluding hydrogens is 276 g/mol. The van der Waals surface area contributed by atoms with Crippen LogP contribution in [0.1, 0.15) is 24.5 Å². The Labute approximate surface area is 121 Å². The highest BCUT2D eigenvalue weighted by atomic mass is 32.1. The van der Waals surface area contributed by atoms with Gasteiger partial charge in [0.1, 0.15) is 0 Å². The van der Waals surface area contributed by atoms with Crippen molar-refractivity contribution in [2.24, 2.45) is 0 Å². The van der Waals surface area contributed by atoms with E-state index in [1.807, 2.05) is 26.2 Å². The number of anilines is 2. The average molecular weight is 294 g/mol. The summed E-state index contributed by atoms with van der Waals surface area (Å²) in [6.45, 7) is 6.46. The van der Waals surface area contributed by atoms with E-state index in [2.05, 4.69) is 25.3 Å². The van der Waals surface area contributed by atoms with Gasteiger partial charge in [0.05, 0.1) is 11.1 Å². The van der Waals surface area contributed by atoms with Crippen molar-refractivity contribution < 1.29 is 4.74 Å². The summed E-state index contributed by atoms with van der Waals surface area (Å²) in [7, 11) is 0. The number of aromatic nitrogens is 4. The molecule has 0 aromatic carbocycles. The van der Waals surface area contributed by atoms with Gasteiger partial charge >= 0.3 is 6.01 Å². The normalized spacial score (nSPS) is 10.8. The second kappa shape index (κ2) is 6.47. The van der Waals surface area contributed by atoms with E-state index in [-0.39, 0.29) is 18.1 Å². The Kier molecular flexibility index (Phi) is 4.67. The Morgan fingerprint density at radius 2 is 2.10 bits per heavy atom. The Hall–Kier alpha value is -1.96. The Morgan fingerprint density at radius 3 is 2.75 bits per heavy atom. The molecule has 0 atom stereocenters. The van der Waals surface area contributed by atoms with Gasteiger partial charge in [0.25, 0.3) is 0 Å². The third kappa shape index (κ3) is 4.30. The van der Waals surface area contributed by atoms with Crippen LogP contribution in [0.5, 0.6) is 6.01 Å². The number of nitrogen functional groups attached to an aromatic ring is 1. The number of ether oxygens (including phenoxy) is 1. The minimum absolute atomic E-state index is 0.0112. The minimum atomic E-state index is -0.0112. The van der Waals surface area contributed by atoms with Gasteiger partial charge in [-0.25, -0.2) is 4.98 Å². The molecule has 8 heteroatoms. The van der Waals surface area contributed by atoms with Gasteiger partial charge in [-0.2, -0.15) is 15.0 Å². The standard InChI is InChI=1S/C12H18N6OS/c1-7(2)19-12-17-10(13)16-11(18-12)14-5-4-9-15-8(3)6-20-9/h6-7H,4-5H2,1-3H3,(H3,13,14,16,17,18). The minimum Gasteiger partial charge on any atom is -0.461 e.